The van der Waals surface area contributed by atoms with E-state index in [0.717, 1.165) is 18.5 Å². The molecule has 0 fully saturated rings. The SMILES string of the molecule is O=C(CCCC(=O)N1CCc2ccccc2C1)NCc1nonc1-c1ccccc1. The lowest BCUT2D eigenvalue weighted by Gasteiger charge is -2.29. The van der Waals surface area contributed by atoms with Gasteiger partial charge in [-0.25, -0.2) is 4.63 Å². The van der Waals surface area contributed by atoms with Crippen LogP contribution in [-0.2, 0) is 29.1 Å². The van der Waals surface area contributed by atoms with Gasteiger partial charge in [-0.3, -0.25) is 9.59 Å². The second kappa shape index (κ2) is 9.35. The molecular weight excluding hydrogens is 380 g/mol. The summed E-state index contributed by atoms with van der Waals surface area (Å²) in [6.45, 7) is 1.63. The number of carbonyl (C=O) groups excluding carboxylic acids is 2. The van der Waals surface area contributed by atoms with Gasteiger partial charge >= 0.3 is 0 Å². The first-order valence-electron chi connectivity index (χ1n) is 10.2. The van der Waals surface area contributed by atoms with Gasteiger partial charge in [0.2, 0.25) is 11.8 Å². The van der Waals surface area contributed by atoms with Crippen LogP contribution < -0.4 is 5.32 Å². The summed E-state index contributed by atoms with van der Waals surface area (Å²) in [7, 11) is 0. The van der Waals surface area contributed by atoms with Crippen molar-refractivity contribution in [3.8, 4) is 11.3 Å². The van der Waals surface area contributed by atoms with Crippen molar-refractivity contribution in [2.75, 3.05) is 6.54 Å². The second-order valence-electron chi connectivity index (χ2n) is 7.39. The fourth-order valence-corrected chi connectivity index (χ4v) is 3.68. The zero-order chi connectivity index (χ0) is 20.8. The van der Waals surface area contributed by atoms with Crippen molar-refractivity contribution in [3.63, 3.8) is 0 Å². The molecule has 0 radical (unpaired) electrons. The number of amides is 2. The molecule has 0 aliphatic carbocycles. The van der Waals surface area contributed by atoms with Crippen LogP contribution in [-0.4, -0.2) is 33.6 Å². The third-order valence-electron chi connectivity index (χ3n) is 5.33. The number of rotatable bonds is 7. The fourth-order valence-electron chi connectivity index (χ4n) is 3.68. The predicted octanol–water partition coefficient (Wildman–Crippen LogP) is 3.11. The summed E-state index contributed by atoms with van der Waals surface area (Å²) in [5.41, 5.74) is 4.62. The van der Waals surface area contributed by atoms with Gasteiger partial charge in [0.25, 0.3) is 0 Å². The molecule has 0 bridgehead atoms. The quantitative estimate of drug-likeness (QED) is 0.654. The maximum atomic E-state index is 12.5. The summed E-state index contributed by atoms with van der Waals surface area (Å²) >= 11 is 0. The van der Waals surface area contributed by atoms with Crippen molar-refractivity contribution in [1.82, 2.24) is 20.5 Å². The van der Waals surface area contributed by atoms with Crippen LogP contribution in [0.4, 0.5) is 0 Å². The molecule has 1 aliphatic heterocycles. The molecule has 1 aromatic heterocycles. The van der Waals surface area contributed by atoms with E-state index in [2.05, 4.69) is 27.8 Å². The lowest BCUT2D eigenvalue weighted by atomic mass is 9.99. The van der Waals surface area contributed by atoms with Crippen molar-refractivity contribution >= 4 is 11.8 Å². The molecule has 1 aliphatic rings. The fraction of sp³-hybridized carbons (Fsp3) is 0.304. The van der Waals surface area contributed by atoms with Gasteiger partial charge in [-0.1, -0.05) is 59.8 Å². The number of benzene rings is 2. The highest BCUT2D eigenvalue weighted by atomic mass is 16.6. The van der Waals surface area contributed by atoms with Crippen molar-refractivity contribution in [1.29, 1.82) is 0 Å². The third-order valence-corrected chi connectivity index (χ3v) is 5.33. The Morgan fingerprint density at radius 1 is 0.967 bits per heavy atom. The molecule has 2 aromatic carbocycles. The molecule has 7 heteroatoms. The van der Waals surface area contributed by atoms with E-state index in [1.54, 1.807) is 0 Å². The molecule has 0 saturated heterocycles. The summed E-state index contributed by atoms with van der Waals surface area (Å²) in [4.78, 5) is 26.6. The van der Waals surface area contributed by atoms with E-state index in [-0.39, 0.29) is 18.4 Å². The zero-order valence-electron chi connectivity index (χ0n) is 16.7. The van der Waals surface area contributed by atoms with Crippen molar-refractivity contribution in [3.05, 3.63) is 71.4 Å². The monoisotopic (exact) mass is 404 g/mol. The first-order valence-corrected chi connectivity index (χ1v) is 10.2. The Balaban J connectivity index is 1.21. The molecule has 1 N–H and O–H groups in total. The van der Waals surface area contributed by atoms with Crippen LogP contribution in [0, 0.1) is 0 Å². The van der Waals surface area contributed by atoms with Gasteiger partial charge in [0.1, 0.15) is 11.4 Å². The normalized spacial score (nSPS) is 13.0. The lowest BCUT2D eigenvalue weighted by Crippen LogP contribution is -2.36. The van der Waals surface area contributed by atoms with E-state index in [9.17, 15) is 9.59 Å². The number of nitrogens with one attached hydrogen (secondary N) is 1. The smallest absolute Gasteiger partial charge is 0.222 e. The first-order chi connectivity index (χ1) is 14.7. The number of hydrogen-bond acceptors (Lipinski definition) is 5. The van der Waals surface area contributed by atoms with Crippen LogP contribution in [0.25, 0.3) is 11.3 Å². The van der Waals surface area contributed by atoms with E-state index >= 15 is 0 Å². The highest BCUT2D eigenvalue weighted by Gasteiger charge is 2.20. The molecule has 2 amide bonds. The van der Waals surface area contributed by atoms with E-state index in [1.807, 2.05) is 47.4 Å². The van der Waals surface area contributed by atoms with Crippen molar-refractivity contribution in [2.24, 2.45) is 0 Å². The largest absolute Gasteiger partial charge is 0.350 e. The molecule has 7 nitrogen and oxygen atoms in total. The van der Waals surface area contributed by atoms with Crippen LogP contribution >= 0.6 is 0 Å². The van der Waals surface area contributed by atoms with Crippen LogP contribution in [0.15, 0.2) is 59.2 Å². The number of nitrogens with zero attached hydrogens (tertiary/aromatic N) is 3. The van der Waals surface area contributed by atoms with Gasteiger partial charge in [0, 0.05) is 31.5 Å². The average molecular weight is 404 g/mol. The van der Waals surface area contributed by atoms with Gasteiger partial charge in [0.15, 0.2) is 0 Å². The van der Waals surface area contributed by atoms with E-state index in [1.165, 1.54) is 11.1 Å². The Kier molecular flexibility index (Phi) is 6.17. The molecule has 30 heavy (non-hydrogen) atoms. The summed E-state index contributed by atoms with van der Waals surface area (Å²) in [5.74, 6) is -0.0156. The van der Waals surface area contributed by atoms with E-state index in [0.29, 0.717) is 37.2 Å². The molecule has 4 rings (SSSR count). The topological polar surface area (TPSA) is 88.3 Å². The Hall–Kier alpha value is -3.48. The minimum Gasteiger partial charge on any atom is -0.350 e. The van der Waals surface area contributed by atoms with Gasteiger partial charge in [0.05, 0.1) is 6.54 Å². The minimum absolute atomic E-state index is 0.101. The summed E-state index contributed by atoms with van der Waals surface area (Å²) < 4.78 is 4.84. The molecule has 0 spiro atoms. The Bertz CT molecular complexity index is 1020. The highest BCUT2D eigenvalue weighted by molar-refractivity contribution is 5.79. The lowest BCUT2D eigenvalue weighted by molar-refractivity contribution is -0.132. The number of aromatic nitrogens is 2. The van der Waals surface area contributed by atoms with Crippen molar-refractivity contribution < 1.29 is 14.2 Å². The van der Waals surface area contributed by atoms with E-state index < -0.39 is 0 Å². The average Bonchev–Trinajstić information content (AvgIpc) is 3.26. The van der Waals surface area contributed by atoms with Gasteiger partial charge in [-0.15, -0.1) is 0 Å². The van der Waals surface area contributed by atoms with Crippen LogP contribution in [0.3, 0.4) is 0 Å². The Morgan fingerprint density at radius 2 is 1.73 bits per heavy atom. The molecule has 0 atom stereocenters. The molecule has 3 aromatic rings. The Labute approximate surface area is 175 Å². The number of carbonyl (C=O) groups is 2. The molecule has 2 heterocycles. The van der Waals surface area contributed by atoms with E-state index in [4.69, 9.17) is 4.63 Å². The summed E-state index contributed by atoms with van der Waals surface area (Å²) in [5, 5.41) is 10.7. The Morgan fingerprint density at radius 3 is 2.57 bits per heavy atom. The third kappa shape index (κ3) is 4.74. The van der Waals surface area contributed by atoms with Crippen LogP contribution in [0.2, 0.25) is 0 Å². The highest BCUT2D eigenvalue weighted by Crippen LogP contribution is 2.20. The summed E-state index contributed by atoms with van der Waals surface area (Å²) in [6.07, 6.45) is 2.07. The van der Waals surface area contributed by atoms with Crippen LogP contribution in [0.1, 0.15) is 36.1 Å². The van der Waals surface area contributed by atoms with Gasteiger partial charge in [-0.05, 0) is 29.1 Å². The summed E-state index contributed by atoms with van der Waals surface area (Å²) in [6, 6.07) is 17.8. The predicted molar refractivity (Wildman–Crippen MR) is 111 cm³/mol. The van der Waals surface area contributed by atoms with Crippen molar-refractivity contribution in [2.45, 2.75) is 38.8 Å². The maximum Gasteiger partial charge on any atom is 0.222 e. The molecular formula is C23H24N4O3. The molecule has 0 saturated carbocycles. The maximum absolute atomic E-state index is 12.5. The number of hydrogen-bond donors (Lipinski definition) is 1. The molecule has 0 unspecified atom stereocenters. The van der Waals surface area contributed by atoms with Crippen LogP contribution in [0.5, 0.6) is 0 Å². The standard InChI is InChI=1S/C23H24N4O3/c28-21(24-15-20-23(26-30-25-20)18-8-2-1-3-9-18)11-6-12-22(29)27-14-13-17-7-4-5-10-19(17)16-27/h1-5,7-10H,6,11-16H2,(H,24,28). The van der Waals surface area contributed by atoms with Gasteiger partial charge in [-0.2, -0.15) is 0 Å². The molecule has 154 valence electrons. The minimum atomic E-state index is -0.117. The second-order valence-corrected chi connectivity index (χ2v) is 7.39. The van der Waals surface area contributed by atoms with Gasteiger partial charge < -0.3 is 10.2 Å². The number of fused-ring (bicyclic) bond motifs is 1. The zero-order valence-corrected chi connectivity index (χ0v) is 16.7. The first kappa shape index (κ1) is 19.8.